The molecule has 1 aliphatic rings. The highest BCUT2D eigenvalue weighted by Crippen LogP contribution is 2.38. The second-order valence-electron chi connectivity index (χ2n) is 14.4. The summed E-state index contributed by atoms with van der Waals surface area (Å²) in [6, 6.07) is 21.8. The molecule has 0 aliphatic carbocycles. The fraction of sp³-hybridized carbons (Fsp3) is 0.650. The van der Waals surface area contributed by atoms with Crippen molar-refractivity contribution in [1.29, 1.82) is 0 Å². The van der Waals surface area contributed by atoms with Gasteiger partial charge in [-0.25, -0.2) is 0 Å². The summed E-state index contributed by atoms with van der Waals surface area (Å²) in [6.45, 7) is 13.9. The number of ether oxygens (including phenoxy) is 2. The highest BCUT2D eigenvalue weighted by Gasteiger charge is 2.51. The van der Waals surface area contributed by atoms with Crippen LogP contribution < -0.4 is 10.4 Å². The minimum atomic E-state index is -2.61. The van der Waals surface area contributed by atoms with Gasteiger partial charge in [-0.2, -0.15) is 0 Å². The summed E-state index contributed by atoms with van der Waals surface area (Å²) >= 11 is 0. The molecule has 3 nitrogen and oxygen atoms in total. The molecule has 2 atom stereocenters. The van der Waals surface area contributed by atoms with Gasteiger partial charge in [-0.1, -0.05) is 165 Å². The SMILES string of the molecule is CCCCCCCCC/C=C\CCCCCCC[C@@H]1OC(C)(C)O[C@H]1CO[Si](c1ccccc1)(c1ccccc1)C(C)(C)C. The van der Waals surface area contributed by atoms with Gasteiger partial charge < -0.3 is 13.9 Å². The van der Waals surface area contributed by atoms with E-state index in [2.05, 4.69) is 101 Å². The molecular weight excluding hydrogens is 557 g/mol. The first-order valence-corrected chi connectivity index (χ1v) is 19.9. The summed E-state index contributed by atoms with van der Waals surface area (Å²) in [6.07, 6.45) is 24.4. The summed E-state index contributed by atoms with van der Waals surface area (Å²) in [7, 11) is -2.61. The molecule has 3 rings (SSSR count). The Morgan fingerprint density at radius 1 is 0.659 bits per heavy atom. The van der Waals surface area contributed by atoms with E-state index < -0.39 is 14.1 Å². The smallest absolute Gasteiger partial charge is 0.261 e. The summed E-state index contributed by atoms with van der Waals surface area (Å²) in [5, 5.41) is 2.56. The molecule has 44 heavy (non-hydrogen) atoms. The first-order valence-electron chi connectivity index (χ1n) is 18.0. The fourth-order valence-electron chi connectivity index (χ4n) is 6.86. The second kappa shape index (κ2) is 19.1. The Balaban J connectivity index is 1.44. The minimum absolute atomic E-state index is 0.0523. The van der Waals surface area contributed by atoms with Crippen LogP contribution in [-0.2, 0) is 13.9 Å². The van der Waals surface area contributed by atoms with Crippen LogP contribution in [0.4, 0.5) is 0 Å². The Bertz CT molecular complexity index is 1000. The van der Waals surface area contributed by atoms with Crippen LogP contribution in [0.5, 0.6) is 0 Å². The molecule has 2 aromatic rings. The van der Waals surface area contributed by atoms with E-state index in [1.54, 1.807) is 0 Å². The highest BCUT2D eigenvalue weighted by molar-refractivity contribution is 6.99. The molecule has 0 aromatic heterocycles. The van der Waals surface area contributed by atoms with E-state index in [1.807, 2.05) is 13.8 Å². The van der Waals surface area contributed by atoms with Gasteiger partial charge in [0.1, 0.15) is 6.10 Å². The lowest BCUT2D eigenvalue weighted by atomic mass is 10.0. The lowest BCUT2D eigenvalue weighted by Crippen LogP contribution is -2.67. The van der Waals surface area contributed by atoms with Crippen LogP contribution in [0.3, 0.4) is 0 Å². The molecule has 0 bridgehead atoms. The van der Waals surface area contributed by atoms with E-state index in [0.29, 0.717) is 6.61 Å². The van der Waals surface area contributed by atoms with E-state index in [9.17, 15) is 0 Å². The van der Waals surface area contributed by atoms with Gasteiger partial charge in [0.05, 0.1) is 12.7 Å². The van der Waals surface area contributed by atoms with Gasteiger partial charge in [0, 0.05) is 0 Å². The topological polar surface area (TPSA) is 27.7 Å². The molecule has 246 valence electrons. The van der Waals surface area contributed by atoms with E-state index in [4.69, 9.17) is 13.9 Å². The van der Waals surface area contributed by atoms with Crippen LogP contribution in [0.2, 0.25) is 5.04 Å². The van der Waals surface area contributed by atoms with Crippen LogP contribution in [0, 0.1) is 0 Å². The summed E-state index contributed by atoms with van der Waals surface area (Å²) in [5.74, 6) is -0.578. The lowest BCUT2D eigenvalue weighted by Gasteiger charge is -2.43. The van der Waals surface area contributed by atoms with Crippen molar-refractivity contribution in [3.8, 4) is 0 Å². The molecular formula is C40H64O3Si. The molecule has 0 amide bonds. The number of unbranched alkanes of at least 4 members (excludes halogenated alkanes) is 12. The number of benzene rings is 2. The maximum Gasteiger partial charge on any atom is 0.261 e. The molecule has 1 aliphatic heterocycles. The van der Waals surface area contributed by atoms with Crippen molar-refractivity contribution in [1.82, 2.24) is 0 Å². The van der Waals surface area contributed by atoms with Gasteiger partial charge in [0.2, 0.25) is 0 Å². The fourth-order valence-corrected chi connectivity index (χ4v) is 11.4. The zero-order chi connectivity index (χ0) is 31.7. The Hall–Kier alpha value is -1.72. The first kappa shape index (κ1) is 36.7. The predicted octanol–water partition coefficient (Wildman–Crippen LogP) is 10.5. The number of hydrogen-bond donors (Lipinski definition) is 0. The van der Waals surface area contributed by atoms with E-state index >= 15 is 0 Å². The lowest BCUT2D eigenvalue weighted by molar-refractivity contribution is -0.149. The average Bonchev–Trinajstić information content (AvgIpc) is 3.30. The minimum Gasteiger partial charge on any atom is -0.405 e. The van der Waals surface area contributed by atoms with Gasteiger partial charge in [-0.05, 0) is 61.4 Å². The van der Waals surface area contributed by atoms with Crippen LogP contribution >= 0.6 is 0 Å². The maximum absolute atomic E-state index is 7.23. The van der Waals surface area contributed by atoms with Crippen molar-refractivity contribution < 1.29 is 13.9 Å². The molecule has 0 spiro atoms. The largest absolute Gasteiger partial charge is 0.405 e. The summed E-state index contributed by atoms with van der Waals surface area (Å²) < 4.78 is 20.2. The number of rotatable bonds is 21. The summed E-state index contributed by atoms with van der Waals surface area (Å²) in [5.41, 5.74) is 0. The zero-order valence-electron chi connectivity index (χ0n) is 29.1. The standard InChI is InChI=1S/C40H64O3Si/c1-7-8-9-10-11-12-13-14-15-16-17-18-19-20-21-28-33-37-38(43-40(5,6)42-37)34-41-44(39(2,3)4,35-29-24-22-25-30-35)36-31-26-23-27-32-36/h15-16,22-27,29-32,37-38H,7-14,17-21,28,33-34H2,1-6H3/b16-15-/t37-,38-/m0/s1. The molecule has 0 radical (unpaired) electrons. The van der Waals surface area contributed by atoms with Gasteiger partial charge in [0.25, 0.3) is 8.32 Å². The molecule has 1 saturated heterocycles. The molecule has 0 unspecified atom stereocenters. The van der Waals surface area contributed by atoms with Crippen molar-refractivity contribution >= 4 is 18.7 Å². The quantitative estimate of drug-likeness (QED) is 0.0789. The summed E-state index contributed by atoms with van der Waals surface area (Å²) in [4.78, 5) is 0. The Kier molecular flexibility index (Phi) is 15.9. The van der Waals surface area contributed by atoms with Crippen molar-refractivity contribution in [3.05, 3.63) is 72.8 Å². The third-order valence-electron chi connectivity index (χ3n) is 9.17. The van der Waals surface area contributed by atoms with Crippen molar-refractivity contribution in [2.75, 3.05) is 6.61 Å². The third kappa shape index (κ3) is 11.6. The maximum atomic E-state index is 7.23. The van der Waals surface area contributed by atoms with Gasteiger partial charge in [-0.15, -0.1) is 0 Å². The molecule has 4 heteroatoms. The predicted molar refractivity (Wildman–Crippen MR) is 191 cm³/mol. The van der Waals surface area contributed by atoms with Crippen LogP contribution in [0.25, 0.3) is 0 Å². The molecule has 0 N–H and O–H groups in total. The van der Waals surface area contributed by atoms with Crippen molar-refractivity contribution in [2.45, 2.75) is 161 Å². The Labute approximate surface area is 272 Å². The Morgan fingerprint density at radius 3 is 1.61 bits per heavy atom. The highest BCUT2D eigenvalue weighted by atomic mass is 28.4. The van der Waals surface area contributed by atoms with Gasteiger partial charge in [0.15, 0.2) is 5.79 Å². The monoisotopic (exact) mass is 620 g/mol. The van der Waals surface area contributed by atoms with Crippen molar-refractivity contribution in [2.24, 2.45) is 0 Å². The van der Waals surface area contributed by atoms with Crippen LogP contribution in [-0.4, -0.2) is 32.9 Å². The van der Waals surface area contributed by atoms with Gasteiger partial charge in [-0.3, -0.25) is 0 Å². The molecule has 1 fully saturated rings. The molecule has 1 heterocycles. The molecule has 2 aromatic carbocycles. The van der Waals surface area contributed by atoms with E-state index in [-0.39, 0.29) is 17.2 Å². The van der Waals surface area contributed by atoms with E-state index in [1.165, 1.54) is 100 Å². The average molecular weight is 621 g/mol. The number of allylic oxidation sites excluding steroid dienone is 2. The second-order valence-corrected chi connectivity index (χ2v) is 18.7. The Morgan fingerprint density at radius 2 is 1.11 bits per heavy atom. The number of hydrogen-bond acceptors (Lipinski definition) is 3. The molecule has 0 saturated carbocycles. The van der Waals surface area contributed by atoms with Crippen molar-refractivity contribution in [3.63, 3.8) is 0 Å². The van der Waals surface area contributed by atoms with Gasteiger partial charge >= 0.3 is 0 Å². The van der Waals surface area contributed by atoms with Crippen LogP contribution in [0.15, 0.2) is 72.8 Å². The van der Waals surface area contributed by atoms with E-state index in [0.717, 1.165) is 6.42 Å². The van der Waals surface area contributed by atoms with Crippen LogP contribution in [0.1, 0.15) is 138 Å². The normalized spacial score (nSPS) is 18.8. The zero-order valence-corrected chi connectivity index (χ0v) is 30.1. The first-order chi connectivity index (χ1) is 21.2. The third-order valence-corrected chi connectivity index (χ3v) is 14.2.